The van der Waals surface area contributed by atoms with Crippen LogP contribution < -0.4 is 0 Å². The largest absolute Gasteiger partial charge is 0.478 e. The van der Waals surface area contributed by atoms with Crippen LogP contribution in [-0.4, -0.2) is 17.0 Å². The minimum atomic E-state index is -1.02. The van der Waals surface area contributed by atoms with E-state index < -0.39 is 11.9 Å². The molecule has 1 N–H and O–H groups in total. The maximum atomic E-state index is 11.7. The molecule has 0 fully saturated rings. The van der Waals surface area contributed by atoms with E-state index in [1.54, 1.807) is 48.5 Å². The van der Waals surface area contributed by atoms with Gasteiger partial charge in [-0.1, -0.05) is 36.4 Å². The summed E-state index contributed by atoms with van der Waals surface area (Å²) >= 11 is 0. The van der Waals surface area contributed by atoms with Crippen molar-refractivity contribution in [1.82, 2.24) is 0 Å². The number of benzene rings is 2. The maximum absolute atomic E-state index is 11.7. The van der Waals surface area contributed by atoms with E-state index in [4.69, 9.17) is 9.84 Å². The van der Waals surface area contributed by atoms with Gasteiger partial charge in [-0.2, -0.15) is 0 Å². The van der Waals surface area contributed by atoms with Crippen LogP contribution in [-0.2, 0) is 4.74 Å². The molecular formula is C16H10O4. The molecule has 0 aromatic heterocycles. The van der Waals surface area contributed by atoms with E-state index in [0.29, 0.717) is 22.4 Å². The molecule has 98 valence electrons. The number of carboxylic acid groups (broad SMARTS) is 1. The molecule has 0 bridgehead atoms. The molecule has 0 saturated carbocycles. The van der Waals surface area contributed by atoms with Gasteiger partial charge in [-0.3, -0.25) is 0 Å². The molecule has 0 spiro atoms. The fraction of sp³-hybridized carbons (Fsp3) is 0. The van der Waals surface area contributed by atoms with Gasteiger partial charge in [0.25, 0.3) is 0 Å². The summed E-state index contributed by atoms with van der Waals surface area (Å²) in [5.74, 6) is -1.06. The van der Waals surface area contributed by atoms with E-state index in [1.165, 1.54) is 6.07 Å². The molecule has 2 aromatic carbocycles. The minimum absolute atomic E-state index is 0.167. The highest BCUT2D eigenvalue weighted by Crippen LogP contribution is 2.31. The van der Waals surface area contributed by atoms with Crippen molar-refractivity contribution in [3.05, 3.63) is 70.8 Å². The van der Waals surface area contributed by atoms with Crippen LogP contribution in [0.25, 0.3) is 11.8 Å². The summed E-state index contributed by atoms with van der Waals surface area (Å²) < 4.78 is 5.20. The molecule has 4 nitrogen and oxygen atoms in total. The van der Waals surface area contributed by atoms with Crippen molar-refractivity contribution in [3.8, 4) is 0 Å². The first-order valence-corrected chi connectivity index (χ1v) is 6.02. The zero-order valence-corrected chi connectivity index (χ0v) is 10.4. The number of esters is 1. The number of hydrogen-bond acceptors (Lipinski definition) is 3. The third kappa shape index (κ3) is 1.97. The van der Waals surface area contributed by atoms with E-state index in [1.807, 2.05) is 0 Å². The predicted molar refractivity (Wildman–Crippen MR) is 73.1 cm³/mol. The van der Waals surface area contributed by atoms with Crippen molar-refractivity contribution < 1.29 is 19.4 Å². The Hall–Kier alpha value is -2.88. The first-order chi connectivity index (χ1) is 9.66. The maximum Gasteiger partial charge on any atom is 0.344 e. The zero-order valence-electron chi connectivity index (χ0n) is 10.4. The van der Waals surface area contributed by atoms with Gasteiger partial charge in [0.05, 0.1) is 11.1 Å². The molecular weight excluding hydrogens is 256 g/mol. The molecule has 1 aliphatic heterocycles. The SMILES string of the molecule is O=C(O)c1ccccc1C=C1OC(=O)c2ccccc21. The van der Waals surface area contributed by atoms with E-state index in [2.05, 4.69) is 0 Å². The Morgan fingerprint density at radius 2 is 1.65 bits per heavy atom. The summed E-state index contributed by atoms with van der Waals surface area (Å²) in [5, 5.41) is 9.15. The van der Waals surface area contributed by atoms with Crippen molar-refractivity contribution in [3.63, 3.8) is 0 Å². The minimum Gasteiger partial charge on any atom is -0.478 e. The van der Waals surface area contributed by atoms with E-state index in [9.17, 15) is 9.59 Å². The molecule has 0 aliphatic carbocycles. The number of carbonyl (C=O) groups excluding carboxylic acids is 1. The normalized spacial score (nSPS) is 15.0. The van der Waals surface area contributed by atoms with Gasteiger partial charge in [-0.05, 0) is 23.8 Å². The van der Waals surface area contributed by atoms with Crippen LogP contribution in [0.5, 0.6) is 0 Å². The Labute approximate surface area is 114 Å². The molecule has 0 atom stereocenters. The summed E-state index contributed by atoms with van der Waals surface area (Å²) in [6, 6.07) is 13.6. The summed E-state index contributed by atoms with van der Waals surface area (Å²) in [6.45, 7) is 0. The van der Waals surface area contributed by atoms with Crippen molar-refractivity contribution in [1.29, 1.82) is 0 Å². The molecule has 4 heteroatoms. The average Bonchev–Trinajstić information content (AvgIpc) is 2.76. The molecule has 2 aromatic rings. The van der Waals surface area contributed by atoms with Crippen molar-refractivity contribution in [2.75, 3.05) is 0 Å². The highest BCUT2D eigenvalue weighted by Gasteiger charge is 2.25. The molecule has 0 saturated heterocycles. The molecule has 20 heavy (non-hydrogen) atoms. The molecule has 1 aliphatic rings. The second kappa shape index (κ2) is 4.66. The number of fused-ring (bicyclic) bond motifs is 1. The van der Waals surface area contributed by atoms with Crippen LogP contribution in [0.15, 0.2) is 48.5 Å². The monoisotopic (exact) mass is 266 g/mol. The number of rotatable bonds is 2. The van der Waals surface area contributed by atoms with Crippen LogP contribution >= 0.6 is 0 Å². The zero-order chi connectivity index (χ0) is 14.1. The average molecular weight is 266 g/mol. The molecule has 0 unspecified atom stereocenters. The second-order valence-corrected chi connectivity index (χ2v) is 4.34. The van der Waals surface area contributed by atoms with Gasteiger partial charge in [0.2, 0.25) is 0 Å². The Kier molecular flexibility index (Phi) is 2.84. The summed E-state index contributed by atoms with van der Waals surface area (Å²) in [6.07, 6.45) is 1.58. The fourth-order valence-electron chi connectivity index (χ4n) is 2.15. The molecule has 3 rings (SSSR count). The Morgan fingerprint density at radius 1 is 1.00 bits per heavy atom. The number of ether oxygens (including phenoxy) is 1. The lowest BCUT2D eigenvalue weighted by atomic mass is 10.0. The first-order valence-electron chi connectivity index (χ1n) is 6.02. The smallest absolute Gasteiger partial charge is 0.344 e. The van der Waals surface area contributed by atoms with Gasteiger partial charge in [-0.25, -0.2) is 9.59 Å². The summed E-state index contributed by atoms with van der Waals surface area (Å²) in [7, 11) is 0. The lowest BCUT2D eigenvalue weighted by Crippen LogP contribution is -1.99. The Balaban J connectivity index is 2.12. The number of cyclic esters (lactones) is 1. The Bertz CT molecular complexity index is 744. The highest BCUT2D eigenvalue weighted by atomic mass is 16.5. The number of carboxylic acids is 1. The standard InChI is InChI=1S/C16H10O4/c17-15(18)11-6-2-1-5-10(11)9-14-12-7-3-4-8-13(12)16(19)20-14/h1-9H,(H,17,18). The van der Waals surface area contributed by atoms with Crippen LogP contribution in [0, 0.1) is 0 Å². The summed E-state index contributed by atoms with van der Waals surface area (Å²) in [4.78, 5) is 22.9. The second-order valence-electron chi connectivity index (χ2n) is 4.34. The van der Waals surface area contributed by atoms with Crippen molar-refractivity contribution in [2.45, 2.75) is 0 Å². The van der Waals surface area contributed by atoms with E-state index in [-0.39, 0.29) is 5.56 Å². The molecule has 1 heterocycles. The first kappa shape index (κ1) is 12.2. The van der Waals surface area contributed by atoms with Gasteiger partial charge >= 0.3 is 11.9 Å². The van der Waals surface area contributed by atoms with Crippen molar-refractivity contribution in [2.24, 2.45) is 0 Å². The topological polar surface area (TPSA) is 63.6 Å². The third-order valence-electron chi connectivity index (χ3n) is 3.09. The van der Waals surface area contributed by atoms with Crippen molar-refractivity contribution >= 4 is 23.8 Å². The van der Waals surface area contributed by atoms with Crippen LogP contribution in [0.2, 0.25) is 0 Å². The fourth-order valence-corrected chi connectivity index (χ4v) is 2.15. The van der Waals surface area contributed by atoms with Gasteiger partial charge in [0, 0.05) is 5.56 Å². The lowest BCUT2D eigenvalue weighted by Gasteiger charge is -2.02. The molecule has 0 radical (unpaired) electrons. The highest BCUT2D eigenvalue weighted by molar-refractivity contribution is 6.06. The summed E-state index contributed by atoms with van der Waals surface area (Å²) in [5.41, 5.74) is 1.84. The Morgan fingerprint density at radius 3 is 2.40 bits per heavy atom. The van der Waals surface area contributed by atoms with Gasteiger partial charge < -0.3 is 9.84 Å². The van der Waals surface area contributed by atoms with Gasteiger partial charge in [0.15, 0.2) is 0 Å². The predicted octanol–water partition coefficient (Wildman–Crippen LogP) is 3.05. The van der Waals surface area contributed by atoms with Crippen LogP contribution in [0.3, 0.4) is 0 Å². The van der Waals surface area contributed by atoms with Crippen LogP contribution in [0.1, 0.15) is 31.8 Å². The van der Waals surface area contributed by atoms with Gasteiger partial charge in [-0.15, -0.1) is 0 Å². The van der Waals surface area contributed by atoms with E-state index in [0.717, 1.165) is 0 Å². The lowest BCUT2D eigenvalue weighted by molar-refractivity contribution is 0.0693. The third-order valence-corrected chi connectivity index (χ3v) is 3.09. The number of carbonyl (C=O) groups is 2. The van der Waals surface area contributed by atoms with Crippen LogP contribution in [0.4, 0.5) is 0 Å². The number of aromatic carboxylic acids is 1. The van der Waals surface area contributed by atoms with Gasteiger partial charge in [0.1, 0.15) is 5.76 Å². The quantitative estimate of drug-likeness (QED) is 0.848. The number of hydrogen-bond donors (Lipinski definition) is 1. The molecule has 0 amide bonds. The van der Waals surface area contributed by atoms with E-state index >= 15 is 0 Å².